The number of carboxylic acid groups (broad SMARTS) is 3. The topological polar surface area (TPSA) is 759 Å². The zero-order chi connectivity index (χ0) is 98.8. The van der Waals surface area contributed by atoms with Gasteiger partial charge in [0.25, 0.3) is 0 Å². The van der Waals surface area contributed by atoms with E-state index in [4.69, 9.17) is 11.5 Å². The number of imide groups is 1. The number of thioether (sulfide) groups is 1. The van der Waals surface area contributed by atoms with Crippen LogP contribution >= 0.6 is 11.8 Å². The monoisotopic (exact) mass is 1880 g/mol. The van der Waals surface area contributed by atoms with Crippen molar-refractivity contribution >= 4 is 130 Å². The number of aliphatic hydroxyl groups is 4. The molecule has 1 heterocycles. The number of hydrogen-bond acceptors (Lipinski definition) is 29. The second-order valence-corrected chi connectivity index (χ2v) is 33.0. The summed E-state index contributed by atoms with van der Waals surface area (Å²) in [6.45, 7) is 6.85. The summed E-state index contributed by atoms with van der Waals surface area (Å²) in [5, 5.41) is 128. The number of benzene rings is 3. The molecule has 48 heteroatoms. The number of carboxylic acids is 3. The molecule has 728 valence electrons. The van der Waals surface area contributed by atoms with Crippen LogP contribution in [0.5, 0.6) is 11.5 Å². The van der Waals surface area contributed by atoms with Gasteiger partial charge in [-0.2, -0.15) is 0 Å². The van der Waals surface area contributed by atoms with Gasteiger partial charge in [0.1, 0.15) is 84.0 Å². The predicted molar refractivity (Wildman–Crippen MR) is 468 cm³/mol. The highest BCUT2D eigenvalue weighted by atomic mass is 32.2. The third kappa shape index (κ3) is 39.3. The van der Waals surface area contributed by atoms with Crippen molar-refractivity contribution in [1.29, 1.82) is 0 Å². The summed E-state index contributed by atoms with van der Waals surface area (Å²) in [5.74, 6) is -25.0. The van der Waals surface area contributed by atoms with Crippen LogP contribution in [0.3, 0.4) is 0 Å². The summed E-state index contributed by atoms with van der Waals surface area (Å²) < 4.78 is 0. The number of hydrogen-bond donors (Lipinski definition) is 26. The van der Waals surface area contributed by atoms with Crippen LogP contribution < -0.4 is 91.2 Å². The Morgan fingerprint density at radius 3 is 1.31 bits per heavy atom. The first-order chi connectivity index (χ1) is 62.3. The summed E-state index contributed by atoms with van der Waals surface area (Å²) in [7, 11) is 0. The molecule has 17 atom stereocenters. The first kappa shape index (κ1) is 111. The number of amides is 17. The summed E-state index contributed by atoms with van der Waals surface area (Å²) in [6, 6.07) is -5.45. The summed E-state index contributed by atoms with van der Waals surface area (Å²) in [6.07, 6.45) is -6.68. The van der Waals surface area contributed by atoms with E-state index >= 15 is 0 Å². The van der Waals surface area contributed by atoms with E-state index in [1.165, 1.54) is 67.6 Å². The van der Waals surface area contributed by atoms with E-state index in [2.05, 4.69) is 79.8 Å². The molecule has 28 N–H and O–H groups in total. The van der Waals surface area contributed by atoms with Crippen LogP contribution in [0.4, 0.5) is 0 Å². The van der Waals surface area contributed by atoms with Gasteiger partial charge in [0.15, 0.2) is 0 Å². The van der Waals surface area contributed by atoms with Crippen molar-refractivity contribution < 1.29 is 142 Å². The number of phenols is 2. The molecule has 0 radical (unpaired) electrons. The van der Waals surface area contributed by atoms with Crippen LogP contribution in [0, 0.1) is 11.8 Å². The molecule has 1 unspecified atom stereocenters. The van der Waals surface area contributed by atoms with Crippen molar-refractivity contribution in [3.63, 3.8) is 0 Å². The predicted octanol–water partition coefficient (Wildman–Crippen LogP) is -7.72. The Morgan fingerprint density at radius 1 is 0.439 bits per heavy atom. The van der Waals surface area contributed by atoms with Gasteiger partial charge in [0, 0.05) is 44.8 Å². The minimum absolute atomic E-state index is 0.0819. The van der Waals surface area contributed by atoms with Crippen molar-refractivity contribution in [1.82, 2.24) is 84.7 Å². The number of unbranched alkanes of at least 4 members (excludes halogenated alkanes) is 1. The summed E-state index contributed by atoms with van der Waals surface area (Å²) >= 11 is 0.776. The highest BCUT2D eigenvalue weighted by Gasteiger charge is 2.41. The number of aliphatic hydroxyl groups excluding tert-OH is 4. The third-order valence-electron chi connectivity index (χ3n) is 20.5. The maximum atomic E-state index is 14.7. The Hall–Kier alpha value is -13.0. The standard InChI is InChI=1S/C84H122N18O29S/c1-8-43(4)69(81(128)95-56(33-49-19-23-51(108)24-20-49)75(122)91-54(30-42(2)3)74(121)93-58(35-67(115)116)73(120)89-44(5)14-12-13-27-85)100-80(127)61(39-104)97-76(123)55(32-48-17-21-50(107)22-18-48)92-77(124)59(36-68(117)118)94-79(126)60(38-103)98-83(130)71(46(7)106)101-78(125)57(31-47-15-10-9-11-16-47)96-82(129)70(45(6)105)99-62(109)37-88-72(119)53(25-26-66(113)114)90-64(111)41-132-40-63(110)87-28-29-102-65(112)34-52(86)84(102)131/h9-11,15-24,42-46,52-61,69-71,103-108H,8,12-14,25-41,85-86H2,1-7H3,(H,87,110)(H,88,119)(H,89,120)(H,90,111)(H,91,122)(H,92,124)(H,93,121)(H,94,126)(H,95,128)(H,96,129)(H,97,123)(H,98,130)(H,99,109)(H,100,127)(H,101,125)(H,113,114)(H,115,116)(H,117,118)/t43-,44+,45+,46+,52?,53-,54-,55-,56-,57-,58-,59-,60-,61-,69-,70-,71-/m0/s1. The van der Waals surface area contributed by atoms with E-state index < -0.39 is 285 Å². The summed E-state index contributed by atoms with van der Waals surface area (Å²) in [5.41, 5.74) is 12.1. The highest BCUT2D eigenvalue weighted by Crippen LogP contribution is 2.19. The Bertz CT molecular complexity index is 4480. The van der Waals surface area contributed by atoms with Crippen molar-refractivity contribution in [2.24, 2.45) is 23.3 Å². The molecule has 0 saturated carbocycles. The number of carbonyl (C=O) groups is 20. The van der Waals surface area contributed by atoms with Gasteiger partial charge in [-0.3, -0.25) is 101 Å². The normalized spacial score (nSPS) is 16.0. The van der Waals surface area contributed by atoms with Crippen molar-refractivity contribution in [2.45, 2.75) is 229 Å². The molecule has 1 aliphatic heterocycles. The largest absolute Gasteiger partial charge is 0.508 e. The molecule has 3 aromatic rings. The van der Waals surface area contributed by atoms with Gasteiger partial charge in [-0.15, -0.1) is 11.8 Å². The van der Waals surface area contributed by atoms with Crippen LogP contribution in [0.25, 0.3) is 0 Å². The number of nitrogens with two attached hydrogens (primary N) is 2. The SMILES string of the molecule is CC[C@H](C)[C@H](NC(=O)[C@H](CO)NC(=O)[C@H](Cc1ccc(O)cc1)NC(=O)[C@H](CC(=O)O)NC(=O)[C@H](CO)NC(=O)[C@@H](NC(=O)[C@H](Cc1ccccc1)NC(=O)[C@@H](NC(=O)CNC(=O)[C@H](CCC(=O)O)NC(=O)CSCC(=O)NCCN1C(=O)CC(N)C1=O)[C@@H](C)O)[C@@H](C)O)C(=O)N[C@@H](Cc1ccc(O)cc1)C(=O)N[C@@H](CC(C)C)C(=O)N[C@@H](CC(=O)O)C(=O)N[C@H](C)CCCCN. The van der Waals surface area contributed by atoms with Gasteiger partial charge in [-0.1, -0.05) is 95.1 Å². The van der Waals surface area contributed by atoms with Gasteiger partial charge in [0.2, 0.25) is 100 Å². The Balaban J connectivity index is 1.52. The second-order valence-electron chi connectivity index (χ2n) is 32.0. The van der Waals surface area contributed by atoms with Crippen LogP contribution in [-0.2, 0) is 115 Å². The van der Waals surface area contributed by atoms with Crippen molar-refractivity contribution in [2.75, 3.05) is 50.9 Å². The fourth-order valence-electron chi connectivity index (χ4n) is 13.1. The molecule has 1 saturated heterocycles. The lowest BCUT2D eigenvalue weighted by atomic mass is 9.96. The minimum Gasteiger partial charge on any atom is -0.508 e. The maximum Gasteiger partial charge on any atom is 0.305 e. The molecule has 17 amide bonds. The van der Waals surface area contributed by atoms with Crippen LogP contribution in [0.2, 0.25) is 0 Å². The van der Waals surface area contributed by atoms with E-state index in [0.29, 0.717) is 36.9 Å². The zero-order valence-corrected chi connectivity index (χ0v) is 74.8. The van der Waals surface area contributed by atoms with Gasteiger partial charge in [0.05, 0.1) is 68.8 Å². The average Bonchev–Trinajstić information content (AvgIpc) is 1.30. The number of nitrogens with one attached hydrogen (secondary N) is 15. The number of rotatable bonds is 59. The van der Waals surface area contributed by atoms with Crippen LogP contribution in [0.1, 0.15) is 129 Å². The first-order valence-electron chi connectivity index (χ1n) is 42.5. The van der Waals surface area contributed by atoms with Gasteiger partial charge in [-0.05, 0) is 106 Å². The van der Waals surface area contributed by atoms with E-state index in [0.717, 1.165) is 30.5 Å². The molecule has 1 aliphatic rings. The smallest absolute Gasteiger partial charge is 0.305 e. The fourth-order valence-corrected chi connectivity index (χ4v) is 13.7. The highest BCUT2D eigenvalue weighted by molar-refractivity contribution is 8.00. The van der Waals surface area contributed by atoms with E-state index in [1.807, 2.05) is 0 Å². The minimum atomic E-state index is -2.23. The molecule has 0 spiro atoms. The first-order valence-corrected chi connectivity index (χ1v) is 43.6. The average molecular weight is 1880 g/mol. The van der Waals surface area contributed by atoms with Gasteiger partial charge < -0.3 is 137 Å². The summed E-state index contributed by atoms with van der Waals surface area (Å²) in [4.78, 5) is 270. The molecule has 47 nitrogen and oxygen atoms in total. The van der Waals surface area contributed by atoms with E-state index in [-0.39, 0.29) is 67.5 Å². The number of aliphatic carboxylic acids is 3. The molecule has 1 fully saturated rings. The lowest BCUT2D eigenvalue weighted by Crippen LogP contribution is -2.63. The fraction of sp³-hybridized carbons (Fsp3) is 0.548. The third-order valence-corrected chi connectivity index (χ3v) is 21.4. The van der Waals surface area contributed by atoms with Crippen LogP contribution in [0.15, 0.2) is 78.9 Å². The second kappa shape index (κ2) is 56.5. The Kier molecular flexibility index (Phi) is 47.7. The number of carbonyl (C=O) groups excluding carboxylic acids is 17. The molecular formula is C84H122N18O29S. The molecule has 3 aromatic carbocycles. The van der Waals surface area contributed by atoms with E-state index in [9.17, 15) is 142 Å². The van der Waals surface area contributed by atoms with Crippen molar-refractivity contribution in [3.8, 4) is 11.5 Å². The quantitative estimate of drug-likeness (QED) is 0.0184. The molecular weight excluding hydrogens is 1760 g/mol. The Labute approximate surface area is 763 Å². The Morgan fingerprint density at radius 2 is 0.848 bits per heavy atom. The zero-order valence-electron chi connectivity index (χ0n) is 73.9. The van der Waals surface area contributed by atoms with Crippen molar-refractivity contribution in [3.05, 3.63) is 95.6 Å². The molecule has 0 bridgehead atoms. The number of aromatic hydroxyl groups is 2. The number of phenolic OH excluding ortho intramolecular Hbond substituents is 2. The molecule has 0 aliphatic carbocycles. The molecule has 132 heavy (non-hydrogen) atoms. The maximum absolute atomic E-state index is 14.7. The lowest BCUT2D eigenvalue weighted by molar-refractivity contribution is -0.142. The van der Waals surface area contributed by atoms with Gasteiger partial charge >= 0.3 is 17.9 Å². The van der Waals surface area contributed by atoms with Crippen LogP contribution in [-0.4, -0.2) is 317 Å². The number of likely N-dealkylation sites (tertiary alicyclic amines) is 1. The van der Waals surface area contributed by atoms with Gasteiger partial charge in [-0.25, -0.2) is 0 Å². The lowest BCUT2D eigenvalue weighted by Gasteiger charge is -2.30. The molecule has 4 rings (SSSR count). The number of nitrogens with zero attached hydrogens (tertiary/aromatic N) is 1. The molecule has 0 aromatic heterocycles. The van der Waals surface area contributed by atoms with E-state index in [1.54, 1.807) is 45.9 Å².